The Hall–Kier alpha value is -0.830. The minimum Gasteiger partial charge on any atom is -0.325 e. The van der Waals surface area contributed by atoms with Crippen molar-refractivity contribution in [1.29, 1.82) is 0 Å². The fourth-order valence-electron chi connectivity index (χ4n) is 1.17. The van der Waals surface area contributed by atoms with Gasteiger partial charge in [0.25, 0.3) is 0 Å². The third-order valence-corrected chi connectivity index (χ3v) is 2.88. The summed E-state index contributed by atoms with van der Waals surface area (Å²) in [6.45, 7) is 4.11. The molecule has 0 aliphatic heterocycles. The van der Waals surface area contributed by atoms with Gasteiger partial charge in [0.2, 0.25) is 5.91 Å². The number of hydrogen-bond donors (Lipinski definition) is 1. The van der Waals surface area contributed by atoms with Crippen LogP contribution < -0.4 is 5.32 Å². The van der Waals surface area contributed by atoms with Crippen LogP contribution in [0.1, 0.15) is 31.6 Å². The van der Waals surface area contributed by atoms with Gasteiger partial charge in [0.15, 0.2) is 0 Å². The van der Waals surface area contributed by atoms with Crippen molar-refractivity contribution in [3.8, 4) is 0 Å². The van der Waals surface area contributed by atoms with E-state index >= 15 is 0 Å². The molecule has 0 aliphatic rings. The van der Waals surface area contributed by atoms with Crippen molar-refractivity contribution >= 4 is 22.9 Å². The second-order valence-electron chi connectivity index (χ2n) is 2.91. The highest BCUT2D eigenvalue weighted by atomic mass is 32.1. The molecule has 1 rings (SSSR count). The molecule has 0 saturated heterocycles. The molecule has 0 unspecified atom stereocenters. The quantitative estimate of drug-likeness (QED) is 0.789. The van der Waals surface area contributed by atoms with E-state index in [1.807, 2.05) is 18.4 Å². The zero-order valence-corrected chi connectivity index (χ0v) is 8.91. The molecule has 3 heteroatoms. The molecule has 0 aliphatic carbocycles. The number of rotatable bonds is 4. The van der Waals surface area contributed by atoms with Crippen molar-refractivity contribution in [2.45, 2.75) is 33.1 Å². The number of carbonyl (C=O) groups is 1. The zero-order chi connectivity index (χ0) is 9.68. The van der Waals surface area contributed by atoms with E-state index < -0.39 is 0 Å². The van der Waals surface area contributed by atoms with Gasteiger partial charge in [-0.2, -0.15) is 0 Å². The average molecular weight is 197 g/mol. The third-order valence-electron chi connectivity index (χ3n) is 1.82. The van der Waals surface area contributed by atoms with E-state index in [1.165, 1.54) is 4.88 Å². The van der Waals surface area contributed by atoms with E-state index in [0.717, 1.165) is 18.5 Å². The smallest absolute Gasteiger partial charge is 0.224 e. The summed E-state index contributed by atoms with van der Waals surface area (Å²) < 4.78 is 0. The van der Waals surface area contributed by atoms with E-state index in [9.17, 15) is 4.79 Å². The molecule has 1 aromatic rings. The molecule has 0 atom stereocenters. The molecule has 0 saturated carbocycles. The van der Waals surface area contributed by atoms with Gasteiger partial charge >= 0.3 is 0 Å². The van der Waals surface area contributed by atoms with E-state index in [-0.39, 0.29) is 5.91 Å². The fraction of sp³-hybridized carbons (Fsp3) is 0.500. The summed E-state index contributed by atoms with van der Waals surface area (Å²) >= 11 is 1.69. The van der Waals surface area contributed by atoms with Crippen molar-refractivity contribution in [1.82, 2.24) is 0 Å². The van der Waals surface area contributed by atoms with E-state index in [4.69, 9.17) is 0 Å². The van der Waals surface area contributed by atoms with Crippen LogP contribution in [0, 0.1) is 0 Å². The maximum absolute atomic E-state index is 11.3. The number of hydrogen-bond acceptors (Lipinski definition) is 2. The van der Waals surface area contributed by atoms with Crippen molar-refractivity contribution in [2.24, 2.45) is 0 Å². The van der Waals surface area contributed by atoms with Crippen LogP contribution in [0.3, 0.4) is 0 Å². The number of aryl methyl sites for hydroxylation is 1. The molecule has 0 fully saturated rings. The highest BCUT2D eigenvalue weighted by molar-refractivity contribution is 7.10. The summed E-state index contributed by atoms with van der Waals surface area (Å²) in [6, 6.07) is 1.97. The highest BCUT2D eigenvalue weighted by Gasteiger charge is 2.05. The Balaban J connectivity index is 2.57. The second kappa shape index (κ2) is 5.02. The maximum atomic E-state index is 11.3. The Morgan fingerprint density at radius 3 is 2.92 bits per heavy atom. The molecule has 72 valence electrons. The number of nitrogens with one attached hydrogen (secondary N) is 1. The highest BCUT2D eigenvalue weighted by Crippen LogP contribution is 2.22. The van der Waals surface area contributed by atoms with E-state index in [0.29, 0.717) is 6.42 Å². The topological polar surface area (TPSA) is 29.1 Å². The lowest BCUT2D eigenvalue weighted by atomic mass is 10.3. The first kappa shape index (κ1) is 10.3. The maximum Gasteiger partial charge on any atom is 0.224 e. The molecule has 0 aromatic carbocycles. The standard InChI is InChI=1S/C10H15NOS/c1-3-5-10(12)11-8-6-7-13-9(8)4-2/h6-7H,3-5H2,1-2H3,(H,11,12). The summed E-state index contributed by atoms with van der Waals surface area (Å²) in [4.78, 5) is 12.5. The van der Waals surface area contributed by atoms with Gasteiger partial charge in [-0.05, 0) is 24.3 Å². The van der Waals surface area contributed by atoms with Crippen LogP contribution in [0.2, 0.25) is 0 Å². The fourth-order valence-corrected chi connectivity index (χ4v) is 1.95. The summed E-state index contributed by atoms with van der Waals surface area (Å²) in [6.07, 6.45) is 2.50. The van der Waals surface area contributed by atoms with Crippen LogP contribution in [0.25, 0.3) is 0 Å². The lowest BCUT2D eigenvalue weighted by Crippen LogP contribution is -2.10. The van der Waals surface area contributed by atoms with Gasteiger partial charge in [-0.25, -0.2) is 0 Å². The van der Waals surface area contributed by atoms with Gasteiger partial charge < -0.3 is 5.32 Å². The molecule has 1 N–H and O–H groups in total. The Kier molecular flexibility index (Phi) is 3.96. The minimum absolute atomic E-state index is 0.121. The van der Waals surface area contributed by atoms with Crippen LogP contribution in [0.5, 0.6) is 0 Å². The van der Waals surface area contributed by atoms with Crippen molar-refractivity contribution in [3.63, 3.8) is 0 Å². The normalized spacial score (nSPS) is 10.0. The largest absolute Gasteiger partial charge is 0.325 e. The van der Waals surface area contributed by atoms with Crippen molar-refractivity contribution in [3.05, 3.63) is 16.3 Å². The molecule has 2 nitrogen and oxygen atoms in total. The summed E-state index contributed by atoms with van der Waals surface area (Å²) in [7, 11) is 0. The van der Waals surface area contributed by atoms with Crippen LogP contribution in [0.4, 0.5) is 5.69 Å². The summed E-state index contributed by atoms with van der Waals surface area (Å²) in [5.74, 6) is 0.121. The van der Waals surface area contributed by atoms with Crippen molar-refractivity contribution < 1.29 is 4.79 Å². The SMILES string of the molecule is CCCC(=O)Nc1ccsc1CC. The molecule has 0 spiro atoms. The molecule has 0 radical (unpaired) electrons. The summed E-state index contributed by atoms with van der Waals surface area (Å²) in [5, 5.41) is 4.93. The lowest BCUT2D eigenvalue weighted by Gasteiger charge is -2.03. The minimum atomic E-state index is 0.121. The number of amides is 1. The monoisotopic (exact) mass is 197 g/mol. The predicted molar refractivity (Wildman–Crippen MR) is 57.2 cm³/mol. The Labute approximate surface area is 83.0 Å². The molecule has 1 heterocycles. The predicted octanol–water partition coefficient (Wildman–Crippen LogP) is 3.05. The molecule has 0 bridgehead atoms. The molecular formula is C10H15NOS. The first-order valence-corrected chi connectivity index (χ1v) is 5.52. The van der Waals surface area contributed by atoms with Gasteiger partial charge in [-0.3, -0.25) is 4.79 Å². The lowest BCUT2D eigenvalue weighted by molar-refractivity contribution is -0.116. The van der Waals surface area contributed by atoms with Gasteiger partial charge in [0.05, 0.1) is 5.69 Å². The number of thiophene rings is 1. The van der Waals surface area contributed by atoms with Gasteiger partial charge in [-0.15, -0.1) is 11.3 Å². The molecular weight excluding hydrogens is 182 g/mol. The Morgan fingerprint density at radius 2 is 2.31 bits per heavy atom. The van der Waals surface area contributed by atoms with Crippen LogP contribution >= 0.6 is 11.3 Å². The Morgan fingerprint density at radius 1 is 1.54 bits per heavy atom. The third kappa shape index (κ3) is 2.84. The Bertz CT molecular complexity index is 280. The molecule has 1 amide bonds. The van der Waals surface area contributed by atoms with Gasteiger partial charge in [-0.1, -0.05) is 13.8 Å². The average Bonchev–Trinajstić information content (AvgIpc) is 2.52. The van der Waals surface area contributed by atoms with Crippen molar-refractivity contribution in [2.75, 3.05) is 5.32 Å². The molecule has 13 heavy (non-hydrogen) atoms. The van der Waals surface area contributed by atoms with E-state index in [1.54, 1.807) is 11.3 Å². The van der Waals surface area contributed by atoms with Crippen LogP contribution in [-0.4, -0.2) is 5.91 Å². The first-order chi connectivity index (χ1) is 6.27. The van der Waals surface area contributed by atoms with E-state index in [2.05, 4.69) is 12.2 Å². The van der Waals surface area contributed by atoms with Gasteiger partial charge in [0, 0.05) is 11.3 Å². The second-order valence-corrected chi connectivity index (χ2v) is 3.91. The number of anilines is 1. The number of carbonyl (C=O) groups excluding carboxylic acids is 1. The first-order valence-electron chi connectivity index (χ1n) is 4.64. The van der Waals surface area contributed by atoms with Crippen LogP contribution in [-0.2, 0) is 11.2 Å². The van der Waals surface area contributed by atoms with Gasteiger partial charge in [0.1, 0.15) is 0 Å². The molecule has 1 aromatic heterocycles. The zero-order valence-electron chi connectivity index (χ0n) is 8.09. The van der Waals surface area contributed by atoms with Crippen LogP contribution in [0.15, 0.2) is 11.4 Å². The summed E-state index contributed by atoms with van der Waals surface area (Å²) in [5.41, 5.74) is 0.992.